The second-order valence-electron chi connectivity index (χ2n) is 7.62. The van der Waals surface area contributed by atoms with Gasteiger partial charge in [0.2, 0.25) is 5.75 Å². The highest BCUT2D eigenvalue weighted by Crippen LogP contribution is 2.33. The Bertz CT molecular complexity index is 1110. The lowest BCUT2D eigenvalue weighted by Gasteiger charge is -2.38. The molecule has 1 aliphatic heterocycles. The van der Waals surface area contributed by atoms with E-state index in [0.717, 1.165) is 12.8 Å². The number of piperidine rings is 1. The number of aromatic nitrogens is 3. The van der Waals surface area contributed by atoms with Crippen LogP contribution in [-0.4, -0.2) is 51.6 Å². The molecule has 2 N–H and O–H groups in total. The third-order valence-corrected chi connectivity index (χ3v) is 5.50. The predicted octanol–water partition coefficient (Wildman–Crippen LogP) is 3.34. The quantitative estimate of drug-likeness (QED) is 0.653. The van der Waals surface area contributed by atoms with Crippen LogP contribution in [0.2, 0.25) is 0 Å². The molecule has 32 heavy (non-hydrogen) atoms. The predicted molar refractivity (Wildman–Crippen MR) is 117 cm³/mol. The standard InChI is InChI=1S/C23H24FN5O3/c1-14-4-6-16(32-22-20(31-2)19(25)8-11-28-22)13-29(14)23(30)17-7-5-15(24)12-18(17)21-26-9-3-10-27-21/h3,5,7-12,14,16H,4,6,13H2,1-2H3,(H2,25,28). The molecule has 2 aromatic heterocycles. The number of nitrogens with zero attached hydrogens (tertiary/aromatic N) is 4. The van der Waals surface area contributed by atoms with Gasteiger partial charge in [-0.3, -0.25) is 4.79 Å². The van der Waals surface area contributed by atoms with Crippen LogP contribution < -0.4 is 15.2 Å². The van der Waals surface area contributed by atoms with Crippen LogP contribution in [0.15, 0.2) is 48.9 Å². The fraction of sp³-hybridized carbons (Fsp3) is 0.304. The van der Waals surface area contributed by atoms with E-state index in [4.69, 9.17) is 15.2 Å². The molecule has 0 saturated carbocycles. The van der Waals surface area contributed by atoms with Crippen molar-refractivity contribution in [3.8, 4) is 23.0 Å². The fourth-order valence-electron chi connectivity index (χ4n) is 3.82. The molecule has 1 amide bonds. The lowest BCUT2D eigenvalue weighted by molar-refractivity contribution is 0.0366. The Morgan fingerprint density at radius 3 is 2.69 bits per heavy atom. The number of halogens is 1. The van der Waals surface area contributed by atoms with E-state index in [0.29, 0.717) is 40.8 Å². The summed E-state index contributed by atoms with van der Waals surface area (Å²) in [6, 6.07) is 7.30. The summed E-state index contributed by atoms with van der Waals surface area (Å²) >= 11 is 0. The monoisotopic (exact) mass is 437 g/mol. The van der Waals surface area contributed by atoms with Gasteiger partial charge in [-0.25, -0.2) is 19.3 Å². The van der Waals surface area contributed by atoms with Gasteiger partial charge in [-0.1, -0.05) is 0 Å². The van der Waals surface area contributed by atoms with Crippen molar-refractivity contribution in [2.45, 2.75) is 31.9 Å². The second kappa shape index (κ2) is 9.17. The molecule has 0 radical (unpaired) electrons. The van der Waals surface area contributed by atoms with Crippen LogP contribution in [0.1, 0.15) is 30.1 Å². The number of benzene rings is 1. The molecule has 2 unspecified atom stereocenters. The third-order valence-electron chi connectivity index (χ3n) is 5.50. The van der Waals surface area contributed by atoms with Crippen molar-refractivity contribution in [2.24, 2.45) is 0 Å². The zero-order valence-electron chi connectivity index (χ0n) is 17.9. The molecule has 166 valence electrons. The zero-order chi connectivity index (χ0) is 22.7. The largest absolute Gasteiger partial charge is 0.490 e. The lowest BCUT2D eigenvalue weighted by Crippen LogP contribution is -2.49. The highest BCUT2D eigenvalue weighted by Gasteiger charge is 2.33. The molecule has 1 fully saturated rings. The SMILES string of the molecule is COc1c(N)ccnc1OC1CCC(C)N(C(=O)c2ccc(F)cc2-c2ncccn2)C1. The van der Waals surface area contributed by atoms with E-state index in [1.807, 2.05) is 6.92 Å². The summed E-state index contributed by atoms with van der Waals surface area (Å²) in [4.78, 5) is 27.9. The maximum Gasteiger partial charge on any atom is 0.259 e. The van der Waals surface area contributed by atoms with Crippen LogP contribution in [0.25, 0.3) is 11.4 Å². The Morgan fingerprint density at radius 2 is 1.94 bits per heavy atom. The third kappa shape index (κ3) is 4.32. The Labute approximate surface area is 185 Å². The minimum Gasteiger partial charge on any atom is -0.490 e. The van der Waals surface area contributed by atoms with E-state index in [-0.39, 0.29) is 18.1 Å². The van der Waals surface area contributed by atoms with Gasteiger partial charge in [0.05, 0.1) is 24.9 Å². The topological polar surface area (TPSA) is 103 Å². The van der Waals surface area contributed by atoms with E-state index in [1.54, 1.807) is 35.6 Å². The molecule has 9 heteroatoms. The smallest absolute Gasteiger partial charge is 0.259 e. The van der Waals surface area contributed by atoms with Crippen molar-refractivity contribution in [3.05, 3.63) is 60.3 Å². The van der Waals surface area contributed by atoms with Crippen molar-refractivity contribution < 1.29 is 18.7 Å². The number of nitrogens with two attached hydrogens (primary N) is 1. The van der Waals surface area contributed by atoms with Gasteiger partial charge in [-0.15, -0.1) is 0 Å². The van der Waals surface area contributed by atoms with E-state index in [2.05, 4.69) is 15.0 Å². The molecule has 2 atom stereocenters. The summed E-state index contributed by atoms with van der Waals surface area (Å²) in [5, 5.41) is 0. The van der Waals surface area contributed by atoms with Crippen molar-refractivity contribution in [1.82, 2.24) is 19.9 Å². The first-order valence-corrected chi connectivity index (χ1v) is 10.3. The van der Waals surface area contributed by atoms with E-state index in [9.17, 15) is 9.18 Å². The first-order chi connectivity index (χ1) is 15.5. The number of pyridine rings is 1. The number of methoxy groups -OCH3 is 1. The fourth-order valence-corrected chi connectivity index (χ4v) is 3.82. The van der Waals surface area contributed by atoms with E-state index >= 15 is 0 Å². The molecule has 0 spiro atoms. The van der Waals surface area contributed by atoms with Gasteiger partial charge in [0.15, 0.2) is 5.82 Å². The van der Waals surface area contributed by atoms with Gasteiger partial charge in [0.25, 0.3) is 11.8 Å². The Kier molecular flexibility index (Phi) is 6.16. The number of nitrogen functional groups attached to an aromatic ring is 1. The van der Waals surface area contributed by atoms with Gasteiger partial charge < -0.3 is 20.1 Å². The number of rotatable bonds is 5. The van der Waals surface area contributed by atoms with Crippen molar-refractivity contribution in [3.63, 3.8) is 0 Å². The average molecular weight is 437 g/mol. The van der Waals surface area contributed by atoms with Crippen LogP contribution in [-0.2, 0) is 0 Å². The highest BCUT2D eigenvalue weighted by molar-refractivity contribution is 6.00. The number of ether oxygens (including phenoxy) is 2. The van der Waals surface area contributed by atoms with Gasteiger partial charge >= 0.3 is 0 Å². The van der Waals surface area contributed by atoms with Crippen LogP contribution in [0.3, 0.4) is 0 Å². The van der Waals surface area contributed by atoms with Crippen LogP contribution in [0.5, 0.6) is 11.6 Å². The number of hydrogen-bond acceptors (Lipinski definition) is 7. The molecule has 1 aliphatic rings. The van der Waals surface area contributed by atoms with Gasteiger partial charge in [-0.2, -0.15) is 0 Å². The number of amides is 1. The zero-order valence-corrected chi connectivity index (χ0v) is 17.9. The summed E-state index contributed by atoms with van der Waals surface area (Å²) < 4.78 is 25.4. The second-order valence-corrected chi connectivity index (χ2v) is 7.62. The van der Waals surface area contributed by atoms with Gasteiger partial charge in [-0.05, 0) is 50.1 Å². The summed E-state index contributed by atoms with van der Waals surface area (Å²) in [6.07, 6.45) is 5.84. The number of carbonyl (C=O) groups excluding carboxylic acids is 1. The molecule has 1 saturated heterocycles. The summed E-state index contributed by atoms with van der Waals surface area (Å²) in [6.45, 7) is 2.32. The van der Waals surface area contributed by atoms with Crippen molar-refractivity contribution in [2.75, 3.05) is 19.4 Å². The minimum absolute atomic E-state index is 0.0207. The molecule has 4 rings (SSSR count). The number of hydrogen-bond donors (Lipinski definition) is 1. The number of anilines is 1. The molecule has 1 aromatic carbocycles. The maximum atomic E-state index is 14.0. The van der Waals surface area contributed by atoms with Crippen LogP contribution in [0.4, 0.5) is 10.1 Å². The summed E-state index contributed by atoms with van der Waals surface area (Å²) in [5.41, 5.74) is 7.06. The van der Waals surface area contributed by atoms with Crippen molar-refractivity contribution in [1.29, 1.82) is 0 Å². The minimum atomic E-state index is -0.461. The average Bonchev–Trinajstić information content (AvgIpc) is 2.80. The Hall–Kier alpha value is -3.75. The van der Waals surface area contributed by atoms with Crippen LogP contribution >= 0.6 is 0 Å². The van der Waals surface area contributed by atoms with Gasteiger partial charge in [0, 0.05) is 30.2 Å². The molecular formula is C23H24FN5O3. The molecule has 8 nitrogen and oxygen atoms in total. The van der Waals surface area contributed by atoms with Crippen molar-refractivity contribution >= 4 is 11.6 Å². The molecule has 3 aromatic rings. The summed E-state index contributed by atoms with van der Waals surface area (Å²) in [5.74, 6) is 0.254. The Morgan fingerprint density at radius 1 is 1.16 bits per heavy atom. The normalized spacial score (nSPS) is 18.3. The number of likely N-dealkylation sites (tertiary alicyclic amines) is 1. The number of carbonyl (C=O) groups is 1. The van der Waals surface area contributed by atoms with E-state index in [1.165, 1.54) is 25.3 Å². The van der Waals surface area contributed by atoms with Gasteiger partial charge in [0.1, 0.15) is 11.9 Å². The first kappa shape index (κ1) is 21.5. The molecule has 3 heterocycles. The first-order valence-electron chi connectivity index (χ1n) is 10.3. The Balaban J connectivity index is 1.60. The maximum absolute atomic E-state index is 14.0. The van der Waals surface area contributed by atoms with Crippen LogP contribution in [0, 0.1) is 5.82 Å². The highest BCUT2D eigenvalue weighted by atomic mass is 19.1. The molecular weight excluding hydrogens is 413 g/mol. The molecule has 0 aliphatic carbocycles. The molecule has 0 bridgehead atoms. The lowest BCUT2D eigenvalue weighted by atomic mass is 9.98. The summed E-state index contributed by atoms with van der Waals surface area (Å²) in [7, 11) is 1.50. The van der Waals surface area contributed by atoms with E-state index < -0.39 is 5.82 Å².